The maximum atomic E-state index is 14.2. The monoisotopic (exact) mass is 298 g/mol. The van der Waals surface area contributed by atoms with Gasteiger partial charge in [-0.2, -0.15) is 10.2 Å². The molecule has 0 amide bonds. The topological polar surface area (TPSA) is 105 Å². The van der Waals surface area contributed by atoms with E-state index in [2.05, 4.69) is 9.97 Å². The van der Waals surface area contributed by atoms with Crippen LogP contribution < -0.4 is 16.0 Å². The Morgan fingerprint density at radius 2 is 2.18 bits per heavy atom. The van der Waals surface area contributed by atoms with E-state index in [1.807, 2.05) is 6.07 Å². The van der Waals surface area contributed by atoms with E-state index in [1.54, 1.807) is 13.0 Å². The van der Waals surface area contributed by atoms with E-state index >= 15 is 0 Å². The lowest BCUT2D eigenvalue weighted by molar-refractivity contribution is 0.372. The molecule has 0 fully saturated rings. The lowest BCUT2D eigenvalue weighted by atomic mass is 9.85. The number of halogens is 1. The maximum absolute atomic E-state index is 14.2. The third-order valence-corrected chi connectivity index (χ3v) is 3.42. The van der Waals surface area contributed by atoms with Crippen LogP contribution in [0.4, 0.5) is 4.39 Å². The van der Waals surface area contributed by atoms with Gasteiger partial charge in [-0.05, 0) is 13.0 Å². The Labute approximate surface area is 124 Å². The lowest BCUT2D eigenvalue weighted by Gasteiger charge is -2.24. The van der Waals surface area contributed by atoms with Crippen molar-refractivity contribution in [3.8, 4) is 11.9 Å². The van der Waals surface area contributed by atoms with E-state index in [0.717, 1.165) is 0 Å². The predicted molar refractivity (Wildman–Crippen MR) is 75.3 cm³/mol. The average Bonchev–Trinajstić information content (AvgIpc) is 2.46. The summed E-state index contributed by atoms with van der Waals surface area (Å²) < 4.78 is 19.4. The second-order valence-electron chi connectivity index (χ2n) is 4.82. The van der Waals surface area contributed by atoms with Gasteiger partial charge < -0.3 is 15.5 Å². The largest absolute Gasteiger partial charge is 0.422 e. The number of H-pyrrole nitrogens is 1. The number of hydrogen-bond acceptors (Lipinski definition) is 5. The summed E-state index contributed by atoms with van der Waals surface area (Å²) in [7, 11) is 0. The van der Waals surface area contributed by atoms with Crippen molar-refractivity contribution in [2.45, 2.75) is 12.8 Å². The number of nitrogens with two attached hydrogens (primary N) is 1. The fraction of sp³-hybridized carbons (Fsp3) is 0.133. The number of rotatable bonds is 1. The number of aromatic amines is 1. The van der Waals surface area contributed by atoms with Gasteiger partial charge in [0.2, 0.25) is 11.8 Å². The van der Waals surface area contributed by atoms with Crippen molar-refractivity contribution in [2.24, 2.45) is 5.73 Å². The van der Waals surface area contributed by atoms with E-state index in [-0.39, 0.29) is 28.5 Å². The van der Waals surface area contributed by atoms with Gasteiger partial charge in [0.1, 0.15) is 23.3 Å². The van der Waals surface area contributed by atoms with Crippen LogP contribution in [0.15, 0.2) is 40.5 Å². The Hall–Kier alpha value is -3.14. The number of hydrogen-bond donors (Lipinski definition) is 2. The maximum Gasteiger partial charge on any atom is 0.258 e. The molecule has 3 N–H and O–H groups in total. The Kier molecular flexibility index (Phi) is 3.14. The molecule has 0 radical (unpaired) electrons. The molecule has 0 saturated carbocycles. The van der Waals surface area contributed by atoms with Gasteiger partial charge in [0.25, 0.3) is 5.56 Å². The van der Waals surface area contributed by atoms with Gasteiger partial charge in [-0.25, -0.2) is 4.39 Å². The van der Waals surface area contributed by atoms with E-state index in [4.69, 9.17) is 10.5 Å². The van der Waals surface area contributed by atoms with Crippen molar-refractivity contribution in [3.05, 3.63) is 68.8 Å². The minimum atomic E-state index is -0.952. The molecule has 0 spiro atoms. The summed E-state index contributed by atoms with van der Waals surface area (Å²) in [5.74, 6) is -1.34. The SMILES string of the molecule is Cc1nc2c(c(=O)[nH]1)[C@H](c1ccccc1F)C(C#N)=C(N)O2. The first kappa shape index (κ1) is 13.8. The first-order chi connectivity index (χ1) is 10.5. The first-order valence-corrected chi connectivity index (χ1v) is 6.45. The molecule has 0 bridgehead atoms. The molecule has 6 nitrogen and oxygen atoms in total. The van der Waals surface area contributed by atoms with Crippen molar-refractivity contribution in [1.29, 1.82) is 5.26 Å². The van der Waals surface area contributed by atoms with E-state index in [0.29, 0.717) is 5.82 Å². The minimum absolute atomic E-state index is 0.00833. The van der Waals surface area contributed by atoms with Gasteiger partial charge in [0, 0.05) is 5.56 Å². The molecule has 1 aliphatic rings. The number of nitrogens with zero attached hydrogens (tertiary/aromatic N) is 2. The molecule has 1 aromatic carbocycles. The molecule has 2 aromatic rings. The van der Waals surface area contributed by atoms with Gasteiger partial charge in [-0.15, -0.1) is 0 Å². The van der Waals surface area contributed by atoms with Gasteiger partial charge in [0.05, 0.1) is 11.5 Å². The van der Waals surface area contributed by atoms with Crippen molar-refractivity contribution in [2.75, 3.05) is 0 Å². The number of aromatic nitrogens is 2. The van der Waals surface area contributed by atoms with Gasteiger partial charge >= 0.3 is 0 Å². The zero-order valence-corrected chi connectivity index (χ0v) is 11.6. The Morgan fingerprint density at radius 3 is 2.86 bits per heavy atom. The molecule has 1 aliphatic heterocycles. The predicted octanol–water partition coefficient (Wildman–Crippen LogP) is 1.44. The summed E-state index contributed by atoms with van der Waals surface area (Å²) in [4.78, 5) is 18.9. The van der Waals surface area contributed by atoms with Crippen LogP contribution in [0.2, 0.25) is 0 Å². The van der Waals surface area contributed by atoms with Crippen molar-refractivity contribution < 1.29 is 9.13 Å². The van der Waals surface area contributed by atoms with Crippen molar-refractivity contribution >= 4 is 0 Å². The number of benzene rings is 1. The van der Waals surface area contributed by atoms with Crippen molar-refractivity contribution in [1.82, 2.24) is 9.97 Å². The normalized spacial score (nSPS) is 16.7. The van der Waals surface area contributed by atoms with Crippen LogP contribution >= 0.6 is 0 Å². The Bertz CT molecular complexity index is 895. The summed E-state index contributed by atoms with van der Waals surface area (Å²) in [6.45, 7) is 1.59. The van der Waals surface area contributed by atoms with Gasteiger partial charge in [-0.3, -0.25) is 4.79 Å². The van der Waals surface area contributed by atoms with E-state index < -0.39 is 17.3 Å². The first-order valence-electron chi connectivity index (χ1n) is 6.45. The molecule has 0 aliphatic carbocycles. The number of allylic oxidation sites excluding steroid dienone is 1. The summed E-state index contributed by atoms with van der Waals surface area (Å²) in [5, 5.41) is 9.33. The highest BCUT2D eigenvalue weighted by Crippen LogP contribution is 2.39. The number of nitrogens with one attached hydrogen (secondary N) is 1. The summed E-state index contributed by atoms with van der Waals surface area (Å²) in [6.07, 6.45) is 0. The fourth-order valence-electron chi connectivity index (χ4n) is 2.49. The molecule has 3 rings (SSSR count). The van der Waals surface area contributed by atoms with Crippen LogP contribution in [0.25, 0.3) is 0 Å². The van der Waals surface area contributed by atoms with Crippen LogP contribution in [0, 0.1) is 24.1 Å². The summed E-state index contributed by atoms with van der Waals surface area (Å²) in [6, 6.07) is 7.79. The Morgan fingerprint density at radius 1 is 1.45 bits per heavy atom. The molecule has 110 valence electrons. The van der Waals surface area contributed by atoms with Crippen LogP contribution in [0.1, 0.15) is 22.9 Å². The van der Waals surface area contributed by atoms with Crippen LogP contribution in [-0.2, 0) is 0 Å². The van der Waals surface area contributed by atoms with Crippen LogP contribution in [0.3, 0.4) is 0 Å². The van der Waals surface area contributed by atoms with Crippen LogP contribution in [0.5, 0.6) is 5.88 Å². The van der Waals surface area contributed by atoms with E-state index in [9.17, 15) is 14.4 Å². The quantitative estimate of drug-likeness (QED) is 0.828. The fourth-order valence-corrected chi connectivity index (χ4v) is 2.49. The molecular weight excluding hydrogens is 287 g/mol. The van der Waals surface area contributed by atoms with Gasteiger partial charge in [0.15, 0.2) is 0 Å². The molecule has 0 unspecified atom stereocenters. The summed E-state index contributed by atoms with van der Waals surface area (Å²) in [5.41, 5.74) is 5.47. The standard InChI is InChI=1S/C15H11FN4O2/c1-7-19-14(21)12-11(8-4-2-3-5-10(8)16)9(6-17)13(18)22-15(12)20-7/h2-5,11H,18H2,1H3,(H,19,20,21)/t11-/m1/s1. The molecule has 7 heteroatoms. The number of ether oxygens (including phenoxy) is 1. The highest BCUT2D eigenvalue weighted by atomic mass is 19.1. The highest BCUT2D eigenvalue weighted by Gasteiger charge is 2.35. The third-order valence-electron chi connectivity index (χ3n) is 3.42. The zero-order chi connectivity index (χ0) is 15.9. The van der Waals surface area contributed by atoms with E-state index in [1.165, 1.54) is 18.2 Å². The zero-order valence-electron chi connectivity index (χ0n) is 11.6. The highest BCUT2D eigenvalue weighted by molar-refractivity contribution is 5.52. The molecular formula is C15H11FN4O2. The summed E-state index contributed by atoms with van der Waals surface area (Å²) >= 11 is 0. The van der Waals surface area contributed by atoms with Crippen LogP contribution in [-0.4, -0.2) is 9.97 Å². The number of nitriles is 1. The van der Waals surface area contributed by atoms with Crippen molar-refractivity contribution in [3.63, 3.8) is 0 Å². The molecule has 2 heterocycles. The molecule has 0 saturated heterocycles. The minimum Gasteiger partial charge on any atom is -0.422 e. The smallest absolute Gasteiger partial charge is 0.258 e. The number of aryl methyl sites for hydroxylation is 1. The number of fused-ring (bicyclic) bond motifs is 1. The Balaban J connectivity index is 2.35. The average molecular weight is 298 g/mol. The molecule has 1 atom stereocenters. The molecule has 22 heavy (non-hydrogen) atoms. The lowest BCUT2D eigenvalue weighted by Crippen LogP contribution is -2.29. The van der Waals surface area contributed by atoms with Gasteiger partial charge in [-0.1, -0.05) is 18.2 Å². The second kappa shape index (κ2) is 5.00. The third kappa shape index (κ3) is 2.02. The molecule has 1 aromatic heterocycles. The second-order valence-corrected chi connectivity index (χ2v) is 4.82.